The average Bonchev–Trinajstić information content (AvgIpc) is 2.30. The summed E-state index contributed by atoms with van der Waals surface area (Å²) in [4.78, 5) is 1.49. The van der Waals surface area contributed by atoms with Gasteiger partial charge in [0.15, 0.2) is 0 Å². The second-order valence-corrected chi connectivity index (χ2v) is 4.22. The Balaban J connectivity index is 2.07. The molecule has 1 fully saturated rings. The van der Waals surface area contributed by atoms with E-state index in [1.807, 2.05) is 30.3 Å². The molecule has 5 heteroatoms. The van der Waals surface area contributed by atoms with Gasteiger partial charge in [0.25, 0.3) is 0 Å². The van der Waals surface area contributed by atoms with Gasteiger partial charge in [-0.1, -0.05) is 30.3 Å². The Bertz CT molecular complexity index is 351. The van der Waals surface area contributed by atoms with Gasteiger partial charge in [0, 0.05) is 26.2 Å². The van der Waals surface area contributed by atoms with E-state index >= 15 is 0 Å². The Kier molecular flexibility index (Phi) is 3.69. The molecule has 1 aliphatic rings. The first-order chi connectivity index (χ1) is 8.07. The van der Waals surface area contributed by atoms with Gasteiger partial charge in [-0.3, -0.25) is 4.90 Å². The van der Waals surface area contributed by atoms with Gasteiger partial charge in [0.2, 0.25) is 0 Å². The molecule has 0 unspecified atom stereocenters. The molecule has 1 heterocycles. The van der Waals surface area contributed by atoms with Crippen molar-refractivity contribution in [3.8, 4) is 0 Å². The van der Waals surface area contributed by atoms with E-state index in [0.717, 1.165) is 5.56 Å². The van der Waals surface area contributed by atoms with Gasteiger partial charge in [-0.05, 0) is 5.56 Å². The normalized spacial score (nSPS) is 22.6. The van der Waals surface area contributed by atoms with Gasteiger partial charge in [-0.2, -0.15) is 13.2 Å². The highest BCUT2D eigenvalue weighted by Gasteiger charge is 2.44. The second kappa shape index (κ2) is 5.06. The number of benzene rings is 1. The lowest BCUT2D eigenvalue weighted by molar-refractivity contribution is -0.188. The van der Waals surface area contributed by atoms with E-state index in [9.17, 15) is 13.2 Å². The van der Waals surface area contributed by atoms with Crippen LogP contribution in [0.25, 0.3) is 0 Å². The summed E-state index contributed by atoms with van der Waals surface area (Å²) in [6, 6.07) is 7.89. The highest BCUT2D eigenvalue weighted by atomic mass is 19.4. The van der Waals surface area contributed by atoms with Crippen molar-refractivity contribution >= 4 is 0 Å². The van der Waals surface area contributed by atoms with Crippen LogP contribution in [0, 0.1) is 0 Å². The summed E-state index contributed by atoms with van der Waals surface area (Å²) in [6.07, 6.45) is -4.16. The molecule has 0 bridgehead atoms. The Morgan fingerprint density at radius 2 is 1.94 bits per heavy atom. The zero-order valence-corrected chi connectivity index (χ0v) is 9.37. The Morgan fingerprint density at radius 1 is 1.24 bits per heavy atom. The number of rotatable bonds is 2. The maximum Gasteiger partial charge on any atom is 0.405 e. The van der Waals surface area contributed by atoms with Crippen LogP contribution in [0.2, 0.25) is 0 Å². The number of nitrogens with zero attached hydrogens (tertiary/aromatic N) is 1. The summed E-state index contributed by atoms with van der Waals surface area (Å²) in [6.45, 7) is 1.38. The number of hydrogen-bond donors (Lipinski definition) is 1. The summed E-state index contributed by atoms with van der Waals surface area (Å²) in [5.41, 5.74) is 0.920. The van der Waals surface area contributed by atoms with Crippen LogP contribution in [0.15, 0.2) is 30.3 Å². The summed E-state index contributed by atoms with van der Waals surface area (Å²) in [5.74, 6) is 0. The van der Waals surface area contributed by atoms with Crippen LogP contribution in [0.5, 0.6) is 0 Å². The van der Waals surface area contributed by atoms with E-state index in [1.54, 1.807) is 0 Å². The molecule has 0 aromatic heterocycles. The van der Waals surface area contributed by atoms with E-state index in [0.29, 0.717) is 19.6 Å². The summed E-state index contributed by atoms with van der Waals surface area (Å²) in [7, 11) is 0. The lowest BCUT2D eigenvalue weighted by atomic mass is 10.1. The summed E-state index contributed by atoms with van der Waals surface area (Å²) in [5, 5.41) is 2.80. The molecule has 2 nitrogen and oxygen atoms in total. The zero-order valence-electron chi connectivity index (χ0n) is 9.37. The number of hydrogen-bond acceptors (Lipinski definition) is 2. The molecule has 0 spiro atoms. The van der Waals surface area contributed by atoms with Crippen LogP contribution in [0.3, 0.4) is 0 Å². The summed E-state index contributed by atoms with van der Waals surface area (Å²) < 4.78 is 38.4. The molecule has 0 aliphatic carbocycles. The molecule has 94 valence electrons. The van der Waals surface area contributed by atoms with Crippen molar-refractivity contribution in [2.45, 2.75) is 18.8 Å². The van der Waals surface area contributed by atoms with Gasteiger partial charge >= 0.3 is 6.18 Å². The van der Waals surface area contributed by atoms with Crippen molar-refractivity contribution in [2.24, 2.45) is 0 Å². The lowest BCUT2D eigenvalue weighted by Gasteiger charge is -2.37. The predicted octanol–water partition coefficient (Wildman–Crippen LogP) is 2.02. The Morgan fingerprint density at radius 3 is 2.59 bits per heavy atom. The molecule has 1 atom stereocenters. The molecule has 17 heavy (non-hydrogen) atoms. The molecule has 2 rings (SSSR count). The largest absolute Gasteiger partial charge is 0.405 e. The average molecular weight is 244 g/mol. The fourth-order valence-electron chi connectivity index (χ4n) is 2.08. The van der Waals surface area contributed by atoms with Gasteiger partial charge in [0.1, 0.15) is 6.04 Å². The number of piperazine rings is 1. The van der Waals surface area contributed by atoms with Crippen molar-refractivity contribution in [3.05, 3.63) is 35.9 Å². The van der Waals surface area contributed by atoms with Crippen LogP contribution < -0.4 is 5.32 Å². The van der Waals surface area contributed by atoms with Crippen molar-refractivity contribution in [1.82, 2.24) is 10.2 Å². The topological polar surface area (TPSA) is 15.3 Å². The third-order valence-electron chi connectivity index (χ3n) is 2.96. The molecule has 1 N–H and O–H groups in total. The highest BCUT2D eigenvalue weighted by Crippen LogP contribution is 2.26. The third kappa shape index (κ3) is 3.20. The smallest absolute Gasteiger partial charge is 0.314 e. The first-order valence-electron chi connectivity index (χ1n) is 5.63. The molecule has 1 aromatic rings. The standard InChI is InChI=1S/C12H15F3N2/c13-12(14,15)11-8-16-6-7-17(11)9-10-4-2-1-3-5-10/h1-5,11,16H,6-9H2/t11-/m0/s1. The van der Waals surface area contributed by atoms with E-state index in [2.05, 4.69) is 5.32 Å². The highest BCUT2D eigenvalue weighted by molar-refractivity contribution is 5.14. The van der Waals surface area contributed by atoms with Gasteiger partial charge in [-0.15, -0.1) is 0 Å². The van der Waals surface area contributed by atoms with E-state index in [4.69, 9.17) is 0 Å². The fourth-order valence-corrected chi connectivity index (χ4v) is 2.08. The van der Waals surface area contributed by atoms with Crippen LogP contribution in [-0.2, 0) is 6.54 Å². The lowest BCUT2D eigenvalue weighted by Crippen LogP contribution is -2.57. The van der Waals surface area contributed by atoms with E-state index < -0.39 is 12.2 Å². The van der Waals surface area contributed by atoms with Crippen molar-refractivity contribution in [3.63, 3.8) is 0 Å². The molecule has 0 saturated carbocycles. The maximum atomic E-state index is 12.8. The van der Waals surface area contributed by atoms with Crippen molar-refractivity contribution < 1.29 is 13.2 Å². The Labute approximate surface area is 98.4 Å². The molecule has 0 amide bonds. The SMILES string of the molecule is FC(F)(F)[C@@H]1CNCCN1Cc1ccccc1. The third-order valence-corrected chi connectivity index (χ3v) is 2.96. The first-order valence-corrected chi connectivity index (χ1v) is 5.63. The van der Waals surface area contributed by atoms with Crippen LogP contribution >= 0.6 is 0 Å². The second-order valence-electron chi connectivity index (χ2n) is 4.22. The summed E-state index contributed by atoms with van der Waals surface area (Å²) >= 11 is 0. The van der Waals surface area contributed by atoms with Crippen LogP contribution in [0.4, 0.5) is 13.2 Å². The maximum absolute atomic E-state index is 12.8. The van der Waals surface area contributed by atoms with E-state index in [1.165, 1.54) is 4.90 Å². The molecule has 0 radical (unpaired) electrons. The minimum absolute atomic E-state index is 0.0175. The predicted molar refractivity (Wildman–Crippen MR) is 59.6 cm³/mol. The monoisotopic (exact) mass is 244 g/mol. The van der Waals surface area contributed by atoms with Crippen molar-refractivity contribution in [1.29, 1.82) is 0 Å². The van der Waals surface area contributed by atoms with Crippen molar-refractivity contribution in [2.75, 3.05) is 19.6 Å². The van der Waals surface area contributed by atoms with E-state index in [-0.39, 0.29) is 6.54 Å². The van der Waals surface area contributed by atoms with Gasteiger partial charge in [0.05, 0.1) is 0 Å². The number of alkyl halides is 3. The molecular weight excluding hydrogens is 229 g/mol. The molecule has 1 saturated heterocycles. The number of halogens is 3. The van der Waals surface area contributed by atoms with Crippen LogP contribution in [0.1, 0.15) is 5.56 Å². The molecule has 1 aromatic carbocycles. The zero-order chi connectivity index (χ0) is 12.3. The fraction of sp³-hybridized carbons (Fsp3) is 0.500. The first kappa shape index (κ1) is 12.4. The molecular formula is C12H15F3N2. The van der Waals surface area contributed by atoms with Crippen LogP contribution in [-0.4, -0.2) is 36.8 Å². The van der Waals surface area contributed by atoms with Gasteiger partial charge in [-0.25, -0.2) is 0 Å². The quantitative estimate of drug-likeness (QED) is 0.856. The Hall–Kier alpha value is -1.07. The minimum atomic E-state index is -4.16. The minimum Gasteiger partial charge on any atom is -0.314 e. The number of nitrogens with one attached hydrogen (secondary N) is 1. The molecule has 1 aliphatic heterocycles. The van der Waals surface area contributed by atoms with Gasteiger partial charge < -0.3 is 5.32 Å².